The maximum Gasteiger partial charge on any atom is 0.326 e. The summed E-state index contributed by atoms with van der Waals surface area (Å²) in [7, 11) is 0. The van der Waals surface area contributed by atoms with Gasteiger partial charge in [-0.05, 0) is 41.8 Å². The summed E-state index contributed by atoms with van der Waals surface area (Å²) in [6.45, 7) is 2.54. The van der Waals surface area contributed by atoms with Gasteiger partial charge in [-0.3, -0.25) is 9.88 Å². The summed E-state index contributed by atoms with van der Waals surface area (Å²) in [5.41, 5.74) is 3.94. The summed E-state index contributed by atoms with van der Waals surface area (Å²) in [6.07, 6.45) is 2.30. The Morgan fingerprint density at radius 3 is 2.86 bits per heavy atom. The number of carbonyl (C=O) groups is 1. The second kappa shape index (κ2) is 7.68. The number of aryl methyl sites for hydroxylation is 1. The topological polar surface area (TPSA) is 54.5 Å². The minimum atomic E-state index is -0.403. The fraction of sp³-hybridized carbons (Fsp3) is 0.182. The van der Waals surface area contributed by atoms with Gasteiger partial charge in [0.2, 0.25) is 0 Å². The summed E-state index contributed by atoms with van der Waals surface area (Å²) in [6, 6.07) is 16.1. The van der Waals surface area contributed by atoms with Crippen LogP contribution in [0.25, 0.3) is 0 Å². The Bertz CT molecular complexity index is 1020. The van der Waals surface area contributed by atoms with E-state index >= 15 is 0 Å². The fourth-order valence-corrected chi connectivity index (χ4v) is 3.26. The first-order chi connectivity index (χ1) is 13.7. The lowest BCUT2D eigenvalue weighted by Gasteiger charge is -2.31. The number of hydrogen-bond donors (Lipinski definition) is 1. The van der Waals surface area contributed by atoms with E-state index in [9.17, 15) is 9.18 Å². The van der Waals surface area contributed by atoms with Crippen molar-refractivity contribution in [3.8, 4) is 5.75 Å². The molecule has 0 spiro atoms. The molecule has 0 saturated carbocycles. The third-order valence-corrected chi connectivity index (χ3v) is 4.77. The largest absolute Gasteiger partial charge is 0.487 e. The van der Waals surface area contributed by atoms with Crippen molar-refractivity contribution < 1.29 is 13.9 Å². The van der Waals surface area contributed by atoms with Gasteiger partial charge in [-0.25, -0.2) is 9.18 Å². The number of pyridine rings is 1. The molecular weight excluding hydrogens is 357 g/mol. The Labute approximate surface area is 162 Å². The van der Waals surface area contributed by atoms with Gasteiger partial charge in [0.1, 0.15) is 23.9 Å². The van der Waals surface area contributed by atoms with E-state index in [1.165, 1.54) is 12.3 Å². The average Bonchev–Trinajstić information content (AvgIpc) is 2.72. The number of rotatable bonds is 5. The third kappa shape index (κ3) is 3.53. The van der Waals surface area contributed by atoms with Crippen LogP contribution < -0.4 is 15.0 Å². The summed E-state index contributed by atoms with van der Waals surface area (Å²) >= 11 is 0. The van der Waals surface area contributed by atoms with Crippen molar-refractivity contribution in [3.05, 3.63) is 83.4 Å². The maximum absolute atomic E-state index is 13.8. The number of anilines is 2. The van der Waals surface area contributed by atoms with E-state index in [0.29, 0.717) is 12.3 Å². The molecule has 2 aromatic carbocycles. The number of amides is 2. The molecular formula is C22H20FN3O2. The van der Waals surface area contributed by atoms with Crippen LogP contribution in [0.3, 0.4) is 0 Å². The lowest BCUT2D eigenvalue weighted by Crippen LogP contribution is -2.39. The number of fused-ring (bicyclic) bond motifs is 1. The molecule has 0 radical (unpaired) electrons. The minimum absolute atomic E-state index is 0.0205. The van der Waals surface area contributed by atoms with E-state index in [1.807, 2.05) is 49.4 Å². The van der Waals surface area contributed by atoms with Crippen LogP contribution in [-0.2, 0) is 19.6 Å². The van der Waals surface area contributed by atoms with Crippen molar-refractivity contribution in [2.24, 2.45) is 0 Å². The molecule has 0 aliphatic carbocycles. The number of aromatic nitrogens is 1. The summed E-state index contributed by atoms with van der Waals surface area (Å²) < 4.78 is 19.5. The normalized spacial score (nSPS) is 13.1. The van der Waals surface area contributed by atoms with Gasteiger partial charge in [-0.2, -0.15) is 0 Å². The molecule has 28 heavy (non-hydrogen) atoms. The fourth-order valence-electron chi connectivity index (χ4n) is 3.26. The van der Waals surface area contributed by atoms with Crippen LogP contribution in [0, 0.1) is 5.82 Å². The molecule has 2 amide bonds. The zero-order valence-corrected chi connectivity index (χ0v) is 15.5. The van der Waals surface area contributed by atoms with Gasteiger partial charge in [0, 0.05) is 18.0 Å². The molecule has 4 rings (SSSR count). The highest BCUT2D eigenvalue weighted by Gasteiger charge is 2.25. The number of hydrogen-bond acceptors (Lipinski definition) is 3. The van der Waals surface area contributed by atoms with Gasteiger partial charge in [0.05, 0.1) is 12.2 Å². The summed E-state index contributed by atoms with van der Waals surface area (Å²) in [4.78, 5) is 18.4. The van der Waals surface area contributed by atoms with Crippen LogP contribution in [0.15, 0.2) is 60.8 Å². The van der Waals surface area contributed by atoms with Gasteiger partial charge in [-0.15, -0.1) is 0 Å². The van der Waals surface area contributed by atoms with Crippen molar-refractivity contribution in [2.45, 2.75) is 26.5 Å². The quantitative estimate of drug-likeness (QED) is 0.687. The molecule has 0 atom stereocenters. The second-order valence-electron chi connectivity index (χ2n) is 6.54. The van der Waals surface area contributed by atoms with Gasteiger partial charge in [-0.1, -0.05) is 31.2 Å². The van der Waals surface area contributed by atoms with Gasteiger partial charge < -0.3 is 10.1 Å². The lowest BCUT2D eigenvalue weighted by atomic mass is 10.1. The van der Waals surface area contributed by atoms with E-state index in [4.69, 9.17) is 4.74 Å². The molecule has 0 unspecified atom stereocenters. The zero-order chi connectivity index (χ0) is 19.5. The molecule has 0 saturated heterocycles. The highest BCUT2D eigenvalue weighted by Crippen LogP contribution is 2.32. The lowest BCUT2D eigenvalue weighted by molar-refractivity contribution is 0.256. The van der Waals surface area contributed by atoms with Crippen molar-refractivity contribution in [3.63, 3.8) is 0 Å². The zero-order valence-electron chi connectivity index (χ0n) is 15.5. The monoisotopic (exact) mass is 377 g/mol. The Morgan fingerprint density at radius 2 is 2.04 bits per heavy atom. The first kappa shape index (κ1) is 18.0. The standard InChI is InChI=1S/C22H20FN3O2/c1-2-15-9-10-17(28-14-20-18(23)7-5-11-24-20)12-21(15)26-13-16-6-3-4-8-19(16)25-22(26)27/h3-12H,2,13-14H2,1H3,(H,25,27). The number of nitrogens with zero attached hydrogens (tertiary/aromatic N) is 2. The van der Waals surface area contributed by atoms with Crippen LogP contribution in [0.5, 0.6) is 5.75 Å². The molecule has 142 valence electrons. The van der Waals surface area contributed by atoms with Crippen molar-refractivity contribution >= 4 is 17.4 Å². The van der Waals surface area contributed by atoms with Crippen molar-refractivity contribution in [2.75, 3.05) is 10.2 Å². The smallest absolute Gasteiger partial charge is 0.326 e. The van der Waals surface area contributed by atoms with E-state index < -0.39 is 5.82 Å². The second-order valence-corrected chi connectivity index (χ2v) is 6.54. The summed E-state index contributed by atoms with van der Waals surface area (Å²) in [5, 5.41) is 2.93. The first-order valence-electron chi connectivity index (χ1n) is 9.17. The Morgan fingerprint density at radius 1 is 1.18 bits per heavy atom. The molecule has 2 heterocycles. The number of urea groups is 1. The molecule has 1 N–H and O–H groups in total. The number of ether oxygens (including phenoxy) is 1. The Balaban J connectivity index is 1.61. The molecule has 1 aliphatic rings. The predicted octanol–water partition coefficient (Wildman–Crippen LogP) is 4.91. The molecule has 1 aliphatic heterocycles. The average molecular weight is 377 g/mol. The van der Waals surface area contributed by atoms with Crippen LogP contribution >= 0.6 is 0 Å². The first-order valence-corrected chi connectivity index (χ1v) is 9.17. The minimum Gasteiger partial charge on any atom is -0.487 e. The van der Waals surface area contributed by atoms with Gasteiger partial charge in [0.25, 0.3) is 0 Å². The van der Waals surface area contributed by atoms with E-state index in [1.54, 1.807) is 11.0 Å². The molecule has 5 nitrogen and oxygen atoms in total. The van der Waals surface area contributed by atoms with Gasteiger partial charge >= 0.3 is 6.03 Å². The Kier molecular flexibility index (Phi) is 4.93. The molecule has 1 aromatic heterocycles. The van der Waals surface area contributed by atoms with E-state index in [2.05, 4.69) is 10.3 Å². The highest BCUT2D eigenvalue weighted by atomic mass is 19.1. The maximum atomic E-state index is 13.8. The van der Waals surface area contributed by atoms with Crippen LogP contribution in [-0.4, -0.2) is 11.0 Å². The number of halogens is 1. The van der Waals surface area contributed by atoms with E-state index in [0.717, 1.165) is 28.9 Å². The SMILES string of the molecule is CCc1ccc(OCc2ncccc2F)cc1N1Cc2ccccc2NC1=O. The van der Waals surface area contributed by atoms with Crippen molar-refractivity contribution in [1.82, 2.24) is 4.98 Å². The third-order valence-electron chi connectivity index (χ3n) is 4.77. The number of nitrogens with one attached hydrogen (secondary N) is 1. The molecule has 3 aromatic rings. The van der Waals surface area contributed by atoms with Gasteiger partial charge in [0.15, 0.2) is 0 Å². The van der Waals surface area contributed by atoms with Crippen LogP contribution in [0.1, 0.15) is 23.7 Å². The number of benzene rings is 2. The van der Waals surface area contributed by atoms with Crippen LogP contribution in [0.4, 0.5) is 20.6 Å². The Hall–Kier alpha value is -3.41. The van der Waals surface area contributed by atoms with Crippen molar-refractivity contribution in [1.29, 1.82) is 0 Å². The molecule has 0 fully saturated rings. The number of carbonyl (C=O) groups excluding carboxylic acids is 1. The van der Waals surface area contributed by atoms with Crippen LogP contribution in [0.2, 0.25) is 0 Å². The molecule has 0 bridgehead atoms. The highest BCUT2D eigenvalue weighted by molar-refractivity contribution is 6.04. The molecule has 6 heteroatoms. The predicted molar refractivity (Wildman–Crippen MR) is 106 cm³/mol. The number of para-hydroxylation sites is 1. The van der Waals surface area contributed by atoms with E-state index in [-0.39, 0.29) is 18.3 Å². The summed E-state index contributed by atoms with van der Waals surface area (Å²) in [5.74, 6) is 0.156.